The fourth-order valence-corrected chi connectivity index (χ4v) is 3.71. The smallest absolute Gasteiger partial charge is 0.128 e. The minimum Gasteiger partial charge on any atom is -0.319 e. The van der Waals surface area contributed by atoms with Gasteiger partial charge in [0.05, 0.1) is 22.5 Å². The molecular weight excluding hydrogens is 356 g/mol. The molecule has 0 saturated heterocycles. The van der Waals surface area contributed by atoms with Crippen molar-refractivity contribution in [2.24, 2.45) is 0 Å². The quantitative estimate of drug-likeness (QED) is 0.536. The third-order valence-electron chi connectivity index (χ3n) is 3.38. The van der Waals surface area contributed by atoms with Crippen molar-refractivity contribution in [1.82, 2.24) is 9.55 Å². The Hall–Kier alpha value is -0.840. The van der Waals surface area contributed by atoms with Crippen LogP contribution in [0.1, 0.15) is 36.0 Å². The number of alkyl halides is 1. The lowest BCUT2D eigenvalue weighted by Gasteiger charge is -2.17. The van der Waals surface area contributed by atoms with Gasteiger partial charge in [0.2, 0.25) is 0 Å². The maximum atomic E-state index is 6.33. The number of imidazole rings is 1. The molecule has 0 saturated carbocycles. The zero-order chi connectivity index (χ0) is 14.3. The highest BCUT2D eigenvalue weighted by Gasteiger charge is 2.20. The highest BCUT2D eigenvalue weighted by molar-refractivity contribution is 9.10. The van der Waals surface area contributed by atoms with Crippen molar-refractivity contribution in [3.63, 3.8) is 0 Å². The average Bonchev–Trinajstić information content (AvgIpc) is 3.04. The Balaban J connectivity index is 2.25. The van der Waals surface area contributed by atoms with E-state index >= 15 is 0 Å². The second-order valence-corrected chi connectivity index (χ2v) is 7.33. The normalized spacial score (nSPS) is 14.6. The lowest BCUT2D eigenvalue weighted by molar-refractivity contribution is 0.628. The highest BCUT2D eigenvalue weighted by Crippen LogP contribution is 2.33. The summed E-state index contributed by atoms with van der Waals surface area (Å²) in [5.74, 6) is 0.917. The van der Waals surface area contributed by atoms with E-state index in [1.165, 1.54) is 4.88 Å². The van der Waals surface area contributed by atoms with Crippen LogP contribution in [0.2, 0.25) is 0 Å². The van der Waals surface area contributed by atoms with Crippen LogP contribution in [0, 0.1) is 0 Å². The maximum absolute atomic E-state index is 6.33. The second kappa shape index (κ2) is 5.51. The van der Waals surface area contributed by atoms with E-state index < -0.39 is 0 Å². The number of nitrogens with zero attached hydrogens (tertiary/aromatic N) is 2. The van der Waals surface area contributed by atoms with E-state index in [0.29, 0.717) is 0 Å². The highest BCUT2D eigenvalue weighted by atomic mass is 79.9. The molecule has 5 heteroatoms. The van der Waals surface area contributed by atoms with Crippen LogP contribution in [-0.4, -0.2) is 9.55 Å². The predicted molar refractivity (Wildman–Crippen MR) is 89.8 cm³/mol. The Morgan fingerprint density at radius 3 is 2.75 bits per heavy atom. The molecule has 0 aliphatic carbocycles. The van der Waals surface area contributed by atoms with Gasteiger partial charge in [0.1, 0.15) is 5.82 Å². The molecular formula is C15H14BrClN2S. The molecule has 2 atom stereocenters. The molecule has 3 rings (SSSR count). The van der Waals surface area contributed by atoms with Gasteiger partial charge >= 0.3 is 0 Å². The number of hydrogen-bond donors (Lipinski definition) is 0. The Morgan fingerprint density at radius 1 is 1.30 bits per heavy atom. The Morgan fingerprint density at radius 2 is 2.10 bits per heavy atom. The Kier molecular flexibility index (Phi) is 3.89. The van der Waals surface area contributed by atoms with Gasteiger partial charge in [0.25, 0.3) is 0 Å². The van der Waals surface area contributed by atoms with Crippen molar-refractivity contribution >= 4 is 49.9 Å². The van der Waals surface area contributed by atoms with Gasteiger partial charge in [0.15, 0.2) is 0 Å². The van der Waals surface area contributed by atoms with E-state index in [0.717, 1.165) is 21.3 Å². The van der Waals surface area contributed by atoms with Crippen molar-refractivity contribution in [2.75, 3.05) is 0 Å². The zero-order valence-electron chi connectivity index (χ0n) is 11.2. The fraction of sp³-hybridized carbons (Fsp3) is 0.267. The number of rotatable bonds is 3. The zero-order valence-corrected chi connectivity index (χ0v) is 14.3. The van der Waals surface area contributed by atoms with Crippen molar-refractivity contribution < 1.29 is 0 Å². The van der Waals surface area contributed by atoms with E-state index in [1.54, 1.807) is 11.3 Å². The Labute approximate surface area is 135 Å². The number of fused-ring (bicyclic) bond motifs is 1. The standard InChI is InChI=1S/C15H14BrClN2S/c1-9(17)15-18-12-6-5-11(16)8-13(12)19(15)10(2)14-4-3-7-20-14/h3-10H,1-2H3. The van der Waals surface area contributed by atoms with Crippen LogP contribution >= 0.6 is 38.9 Å². The van der Waals surface area contributed by atoms with Gasteiger partial charge in [-0.1, -0.05) is 22.0 Å². The number of thiophene rings is 1. The van der Waals surface area contributed by atoms with Crippen molar-refractivity contribution in [3.05, 3.63) is 50.9 Å². The summed E-state index contributed by atoms with van der Waals surface area (Å²) in [7, 11) is 0. The first-order valence-electron chi connectivity index (χ1n) is 6.43. The largest absolute Gasteiger partial charge is 0.319 e. The van der Waals surface area contributed by atoms with Crippen LogP contribution in [0.5, 0.6) is 0 Å². The summed E-state index contributed by atoms with van der Waals surface area (Å²) >= 11 is 11.6. The van der Waals surface area contributed by atoms with E-state index in [-0.39, 0.29) is 11.4 Å². The lowest BCUT2D eigenvalue weighted by atomic mass is 10.2. The van der Waals surface area contributed by atoms with Crippen molar-refractivity contribution in [3.8, 4) is 0 Å². The molecule has 0 aliphatic heterocycles. The summed E-state index contributed by atoms with van der Waals surface area (Å²) in [6.45, 7) is 4.16. The van der Waals surface area contributed by atoms with Gasteiger partial charge in [-0.2, -0.15) is 0 Å². The van der Waals surface area contributed by atoms with E-state index in [4.69, 9.17) is 16.6 Å². The minimum absolute atomic E-state index is 0.122. The maximum Gasteiger partial charge on any atom is 0.128 e. The number of benzene rings is 1. The molecule has 0 aliphatic rings. The number of hydrogen-bond acceptors (Lipinski definition) is 2. The SMILES string of the molecule is CC(Cl)c1nc2ccc(Br)cc2n1C(C)c1cccs1. The fourth-order valence-electron chi connectivity index (χ4n) is 2.43. The second-order valence-electron chi connectivity index (χ2n) is 4.78. The average molecular weight is 370 g/mol. The van der Waals surface area contributed by atoms with Gasteiger partial charge in [-0.05, 0) is 43.5 Å². The number of aromatic nitrogens is 2. The van der Waals surface area contributed by atoms with Gasteiger partial charge in [-0.15, -0.1) is 22.9 Å². The monoisotopic (exact) mass is 368 g/mol. The summed E-state index contributed by atoms with van der Waals surface area (Å²) in [5.41, 5.74) is 2.10. The lowest BCUT2D eigenvalue weighted by Crippen LogP contribution is -2.10. The summed E-state index contributed by atoms with van der Waals surface area (Å²) in [6, 6.07) is 10.6. The molecule has 0 spiro atoms. The summed E-state index contributed by atoms with van der Waals surface area (Å²) in [5, 5.41) is 1.98. The van der Waals surface area contributed by atoms with Gasteiger partial charge < -0.3 is 4.57 Å². The third kappa shape index (κ3) is 2.41. The molecule has 0 bridgehead atoms. The van der Waals surface area contributed by atoms with E-state index in [9.17, 15) is 0 Å². The first kappa shape index (κ1) is 14.1. The van der Waals surface area contributed by atoms with E-state index in [1.807, 2.05) is 19.1 Å². The summed E-state index contributed by atoms with van der Waals surface area (Å²) in [6.07, 6.45) is 0. The number of halogens is 2. The molecule has 3 aromatic rings. The molecule has 20 heavy (non-hydrogen) atoms. The van der Waals surface area contributed by atoms with Crippen LogP contribution in [0.4, 0.5) is 0 Å². The molecule has 2 aromatic heterocycles. The Bertz CT molecular complexity index is 734. The summed E-state index contributed by atoms with van der Waals surface area (Å²) < 4.78 is 3.29. The first-order chi connectivity index (χ1) is 9.58. The van der Waals surface area contributed by atoms with Gasteiger partial charge in [-0.25, -0.2) is 4.98 Å². The van der Waals surface area contributed by atoms with Crippen molar-refractivity contribution in [1.29, 1.82) is 0 Å². The van der Waals surface area contributed by atoms with E-state index in [2.05, 4.69) is 51.0 Å². The molecule has 0 radical (unpaired) electrons. The molecule has 2 heterocycles. The molecule has 2 nitrogen and oxygen atoms in total. The molecule has 2 unspecified atom stereocenters. The predicted octanol–water partition coefficient (Wildman–Crippen LogP) is 5.77. The van der Waals surface area contributed by atoms with Crippen LogP contribution in [-0.2, 0) is 0 Å². The van der Waals surface area contributed by atoms with Crippen LogP contribution in [0.25, 0.3) is 11.0 Å². The van der Waals surface area contributed by atoms with Gasteiger partial charge in [0, 0.05) is 9.35 Å². The molecule has 0 fully saturated rings. The van der Waals surface area contributed by atoms with Crippen LogP contribution in [0.3, 0.4) is 0 Å². The molecule has 104 valence electrons. The topological polar surface area (TPSA) is 17.8 Å². The third-order valence-corrected chi connectivity index (χ3v) is 5.11. The first-order valence-corrected chi connectivity index (χ1v) is 8.53. The summed E-state index contributed by atoms with van der Waals surface area (Å²) in [4.78, 5) is 6.01. The molecule has 0 N–H and O–H groups in total. The molecule has 1 aromatic carbocycles. The van der Waals surface area contributed by atoms with Crippen LogP contribution < -0.4 is 0 Å². The molecule has 0 amide bonds. The minimum atomic E-state index is -0.122. The van der Waals surface area contributed by atoms with Gasteiger partial charge in [-0.3, -0.25) is 0 Å². The van der Waals surface area contributed by atoms with Crippen LogP contribution in [0.15, 0.2) is 40.2 Å². The van der Waals surface area contributed by atoms with Crippen molar-refractivity contribution in [2.45, 2.75) is 25.3 Å².